The van der Waals surface area contributed by atoms with Crippen LogP contribution in [0.1, 0.15) is 22.3 Å². The Morgan fingerprint density at radius 3 is 2.11 bits per heavy atom. The van der Waals surface area contributed by atoms with E-state index in [0.717, 1.165) is 32.8 Å². The molecule has 0 radical (unpaired) electrons. The average Bonchev–Trinajstić information content (AvgIpc) is 2.76. The monoisotopic (exact) mass is 515 g/mol. The Morgan fingerprint density at radius 1 is 0.857 bits per heavy atom. The number of nitrogens with zero attached hydrogens (tertiary/aromatic N) is 1. The van der Waals surface area contributed by atoms with Gasteiger partial charge in [-0.3, -0.25) is 13.8 Å². The summed E-state index contributed by atoms with van der Waals surface area (Å²) in [5, 5.41) is 2.63. The fraction of sp³-hybridized carbons (Fsp3) is 0.240. The zero-order valence-corrected chi connectivity index (χ0v) is 21.9. The lowest BCUT2D eigenvalue weighted by atomic mass is 10.1. The van der Waals surface area contributed by atoms with Crippen LogP contribution >= 0.6 is 0 Å². The van der Waals surface area contributed by atoms with E-state index in [-0.39, 0.29) is 4.90 Å². The molecule has 8 nitrogen and oxygen atoms in total. The summed E-state index contributed by atoms with van der Waals surface area (Å²) in [6.07, 6.45) is 1.05. The first-order valence-corrected chi connectivity index (χ1v) is 14.1. The Balaban J connectivity index is 1.75. The Labute approximate surface area is 207 Å². The third-order valence-electron chi connectivity index (χ3n) is 5.61. The fourth-order valence-electron chi connectivity index (χ4n) is 3.57. The largest absolute Gasteiger partial charge is 0.325 e. The number of benzene rings is 3. The molecule has 0 unspecified atom stereocenters. The van der Waals surface area contributed by atoms with Crippen LogP contribution in [0.15, 0.2) is 65.6 Å². The van der Waals surface area contributed by atoms with Crippen LogP contribution in [0, 0.1) is 27.7 Å². The van der Waals surface area contributed by atoms with Crippen molar-refractivity contribution in [3.63, 3.8) is 0 Å². The highest BCUT2D eigenvalue weighted by Crippen LogP contribution is 2.25. The Morgan fingerprint density at radius 2 is 1.51 bits per heavy atom. The molecular weight excluding hydrogens is 486 g/mol. The SMILES string of the molecule is Cc1ccc(NS(=O)(=O)c2ccc(NC(=O)CN(c3cccc(C)c3C)S(C)(=O)=O)cc2)c(C)c1. The standard InChI is InChI=1S/C25H29N3O5S2/c1-17-9-14-23(19(3)15-17)27-35(32,33)22-12-10-21(11-13-22)26-25(29)16-28(34(5,30)31)24-8-6-7-18(2)20(24)4/h6-15,27H,16H2,1-5H3,(H,26,29). The molecular formula is C25H29N3O5S2. The van der Waals surface area contributed by atoms with Gasteiger partial charge in [0.1, 0.15) is 6.54 Å². The highest BCUT2D eigenvalue weighted by atomic mass is 32.2. The Bertz CT molecular complexity index is 1470. The van der Waals surface area contributed by atoms with Crippen molar-refractivity contribution in [1.29, 1.82) is 0 Å². The second kappa shape index (κ2) is 10.1. The number of nitrogens with one attached hydrogen (secondary N) is 2. The minimum absolute atomic E-state index is 0.0311. The summed E-state index contributed by atoms with van der Waals surface area (Å²) in [5.41, 5.74) is 4.76. The van der Waals surface area contributed by atoms with E-state index in [0.29, 0.717) is 17.1 Å². The average molecular weight is 516 g/mol. The molecule has 0 bridgehead atoms. The van der Waals surface area contributed by atoms with Crippen LogP contribution in [-0.4, -0.2) is 35.5 Å². The van der Waals surface area contributed by atoms with Gasteiger partial charge in [0.05, 0.1) is 22.5 Å². The highest BCUT2D eigenvalue weighted by molar-refractivity contribution is 7.92. The summed E-state index contributed by atoms with van der Waals surface area (Å²) in [5.74, 6) is -0.555. The number of aryl methyl sites for hydroxylation is 3. The normalized spacial score (nSPS) is 11.7. The minimum atomic E-state index is -3.83. The second-order valence-electron chi connectivity index (χ2n) is 8.49. The number of anilines is 3. The fourth-order valence-corrected chi connectivity index (χ4v) is 5.60. The van der Waals surface area contributed by atoms with Gasteiger partial charge in [-0.25, -0.2) is 16.8 Å². The van der Waals surface area contributed by atoms with Crippen LogP contribution in [0.2, 0.25) is 0 Å². The smallest absolute Gasteiger partial charge is 0.261 e. The third kappa shape index (κ3) is 6.40. The summed E-state index contributed by atoms with van der Waals surface area (Å²) in [6, 6.07) is 16.3. The zero-order chi connectivity index (χ0) is 26.0. The first kappa shape index (κ1) is 26.2. The molecule has 0 aromatic heterocycles. The van der Waals surface area contributed by atoms with Gasteiger partial charge < -0.3 is 5.32 Å². The van der Waals surface area contributed by atoms with E-state index >= 15 is 0 Å². The number of carbonyl (C=O) groups excluding carboxylic acids is 1. The molecule has 0 atom stereocenters. The molecule has 0 spiro atoms. The van der Waals surface area contributed by atoms with Gasteiger partial charge >= 0.3 is 0 Å². The Hall–Kier alpha value is -3.37. The van der Waals surface area contributed by atoms with Crippen molar-refractivity contribution < 1.29 is 21.6 Å². The molecule has 186 valence electrons. The van der Waals surface area contributed by atoms with Gasteiger partial charge in [0, 0.05) is 5.69 Å². The van der Waals surface area contributed by atoms with Gasteiger partial charge in [-0.15, -0.1) is 0 Å². The van der Waals surface area contributed by atoms with Crippen LogP contribution in [0.4, 0.5) is 17.1 Å². The van der Waals surface area contributed by atoms with Crippen molar-refractivity contribution in [3.8, 4) is 0 Å². The molecule has 0 aliphatic heterocycles. The molecule has 35 heavy (non-hydrogen) atoms. The molecule has 0 saturated heterocycles. The molecule has 3 aromatic carbocycles. The van der Waals surface area contributed by atoms with Gasteiger partial charge in [0.25, 0.3) is 10.0 Å². The zero-order valence-electron chi connectivity index (χ0n) is 20.3. The third-order valence-corrected chi connectivity index (χ3v) is 8.11. The van der Waals surface area contributed by atoms with Crippen LogP contribution in [0.5, 0.6) is 0 Å². The van der Waals surface area contributed by atoms with E-state index in [9.17, 15) is 21.6 Å². The summed E-state index contributed by atoms with van der Waals surface area (Å²) in [4.78, 5) is 12.7. The number of carbonyl (C=O) groups is 1. The first-order valence-electron chi connectivity index (χ1n) is 10.8. The molecule has 0 aliphatic carbocycles. The van der Waals surface area contributed by atoms with Crippen molar-refractivity contribution in [1.82, 2.24) is 0 Å². The van der Waals surface area contributed by atoms with E-state index in [1.165, 1.54) is 24.3 Å². The number of rotatable bonds is 8. The molecule has 3 aromatic rings. The topological polar surface area (TPSA) is 113 Å². The summed E-state index contributed by atoms with van der Waals surface area (Å²) in [7, 11) is -7.55. The van der Waals surface area contributed by atoms with Crippen molar-refractivity contribution in [2.45, 2.75) is 32.6 Å². The molecule has 1 amide bonds. The van der Waals surface area contributed by atoms with Crippen LogP contribution in [-0.2, 0) is 24.8 Å². The molecule has 0 aliphatic rings. The van der Waals surface area contributed by atoms with Crippen molar-refractivity contribution >= 4 is 43.0 Å². The maximum atomic E-state index is 12.8. The van der Waals surface area contributed by atoms with Gasteiger partial charge in [0.15, 0.2) is 0 Å². The lowest BCUT2D eigenvalue weighted by molar-refractivity contribution is -0.114. The summed E-state index contributed by atoms with van der Waals surface area (Å²) < 4.78 is 54.0. The van der Waals surface area contributed by atoms with Crippen LogP contribution in [0.25, 0.3) is 0 Å². The Kier molecular flexibility index (Phi) is 7.56. The quantitative estimate of drug-likeness (QED) is 0.469. The molecule has 3 rings (SSSR count). The molecule has 2 N–H and O–H groups in total. The van der Waals surface area contributed by atoms with Gasteiger partial charge in [-0.05, 0) is 80.8 Å². The molecule has 0 saturated carbocycles. The van der Waals surface area contributed by atoms with Gasteiger partial charge in [0.2, 0.25) is 15.9 Å². The lowest BCUT2D eigenvalue weighted by Gasteiger charge is -2.24. The van der Waals surface area contributed by atoms with Crippen LogP contribution < -0.4 is 14.3 Å². The number of hydrogen-bond acceptors (Lipinski definition) is 5. The van der Waals surface area contributed by atoms with E-state index < -0.39 is 32.5 Å². The molecule has 10 heteroatoms. The van der Waals surface area contributed by atoms with Crippen LogP contribution in [0.3, 0.4) is 0 Å². The van der Waals surface area contributed by atoms with Gasteiger partial charge in [-0.1, -0.05) is 29.8 Å². The summed E-state index contributed by atoms with van der Waals surface area (Å²) in [6.45, 7) is 6.99. The second-order valence-corrected chi connectivity index (χ2v) is 12.1. The maximum absolute atomic E-state index is 12.8. The predicted octanol–water partition coefficient (Wildman–Crippen LogP) is 4.13. The molecule has 0 fully saturated rings. The van der Waals surface area contributed by atoms with E-state index in [4.69, 9.17) is 0 Å². The number of sulfonamides is 2. The van der Waals surface area contributed by atoms with Crippen molar-refractivity contribution in [3.05, 3.63) is 82.9 Å². The molecule has 0 heterocycles. The summed E-state index contributed by atoms with van der Waals surface area (Å²) >= 11 is 0. The van der Waals surface area contributed by atoms with E-state index in [2.05, 4.69) is 10.0 Å². The number of amides is 1. The van der Waals surface area contributed by atoms with Crippen molar-refractivity contribution in [2.24, 2.45) is 0 Å². The van der Waals surface area contributed by atoms with E-state index in [1.54, 1.807) is 25.1 Å². The number of hydrogen-bond donors (Lipinski definition) is 2. The highest BCUT2D eigenvalue weighted by Gasteiger charge is 2.23. The minimum Gasteiger partial charge on any atom is -0.325 e. The predicted molar refractivity (Wildman–Crippen MR) is 140 cm³/mol. The first-order chi connectivity index (χ1) is 16.3. The lowest BCUT2D eigenvalue weighted by Crippen LogP contribution is -2.38. The van der Waals surface area contributed by atoms with Crippen molar-refractivity contribution in [2.75, 3.05) is 27.1 Å². The van der Waals surface area contributed by atoms with E-state index in [1.807, 2.05) is 39.0 Å². The van der Waals surface area contributed by atoms with Gasteiger partial charge in [-0.2, -0.15) is 0 Å². The maximum Gasteiger partial charge on any atom is 0.261 e.